The third-order valence-corrected chi connectivity index (χ3v) is 2.95. The lowest BCUT2D eigenvalue weighted by molar-refractivity contribution is -0.122. The van der Waals surface area contributed by atoms with Crippen LogP contribution in [0.3, 0.4) is 0 Å². The van der Waals surface area contributed by atoms with E-state index in [1.165, 1.54) is 12.1 Å². The Morgan fingerprint density at radius 3 is 2.31 bits per heavy atom. The third kappa shape index (κ3) is 2.05. The Morgan fingerprint density at radius 2 is 1.88 bits per heavy atom. The lowest BCUT2D eigenvalue weighted by Gasteiger charge is -2.36. The summed E-state index contributed by atoms with van der Waals surface area (Å²) in [5.41, 5.74) is 1.05. The second-order valence-electron chi connectivity index (χ2n) is 4.27. The highest BCUT2D eigenvalue weighted by Crippen LogP contribution is 2.30. The van der Waals surface area contributed by atoms with Gasteiger partial charge in [-0.25, -0.2) is 8.78 Å². The van der Waals surface area contributed by atoms with Crippen LogP contribution in [0, 0.1) is 0 Å². The smallest absolute Gasteiger partial charge is 0.270 e. The third-order valence-electron chi connectivity index (χ3n) is 2.95. The average molecular weight is 225 g/mol. The van der Waals surface area contributed by atoms with Crippen molar-refractivity contribution in [1.29, 1.82) is 0 Å². The van der Waals surface area contributed by atoms with Gasteiger partial charge in [-0.2, -0.15) is 0 Å². The number of halogens is 2. The Hall–Kier alpha value is -1.45. The van der Waals surface area contributed by atoms with Crippen molar-refractivity contribution in [1.82, 2.24) is 4.90 Å². The SMILES string of the molecule is CC(F)(F)c1ccc(C2CN(C=O)C2)cc1. The number of rotatable bonds is 3. The number of alkyl halides is 2. The van der Waals surface area contributed by atoms with Gasteiger partial charge in [0.1, 0.15) is 0 Å². The summed E-state index contributed by atoms with van der Waals surface area (Å²) in [5.74, 6) is -2.49. The van der Waals surface area contributed by atoms with Gasteiger partial charge < -0.3 is 4.90 Å². The van der Waals surface area contributed by atoms with Crippen molar-refractivity contribution in [2.24, 2.45) is 0 Å². The first-order valence-corrected chi connectivity index (χ1v) is 5.18. The molecule has 0 aliphatic carbocycles. The number of carbonyl (C=O) groups excluding carboxylic acids is 1. The first-order chi connectivity index (χ1) is 7.50. The highest BCUT2D eigenvalue weighted by atomic mass is 19.3. The van der Waals surface area contributed by atoms with E-state index >= 15 is 0 Å². The maximum atomic E-state index is 12.9. The molecule has 2 rings (SSSR count). The fourth-order valence-corrected chi connectivity index (χ4v) is 1.86. The number of hydrogen-bond acceptors (Lipinski definition) is 1. The van der Waals surface area contributed by atoms with Gasteiger partial charge in [-0.1, -0.05) is 24.3 Å². The monoisotopic (exact) mass is 225 g/mol. The number of likely N-dealkylation sites (tertiary alicyclic amines) is 1. The molecule has 1 aromatic carbocycles. The number of amides is 1. The van der Waals surface area contributed by atoms with Crippen molar-refractivity contribution in [3.8, 4) is 0 Å². The van der Waals surface area contributed by atoms with Crippen molar-refractivity contribution in [2.45, 2.75) is 18.8 Å². The minimum atomic E-state index is -2.78. The molecule has 86 valence electrons. The maximum absolute atomic E-state index is 12.9. The molecular formula is C12H13F2NO. The largest absolute Gasteiger partial charge is 0.344 e. The van der Waals surface area contributed by atoms with E-state index in [0.717, 1.165) is 18.9 Å². The lowest BCUT2D eigenvalue weighted by atomic mass is 9.91. The molecule has 0 spiro atoms. The van der Waals surface area contributed by atoms with Crippen LogP contribution < -0.4 is 0 Å². The van der Waals surface area contributed by atoms with Crippen LogP contribution in [0.5, 0.6) is 0 Å². The Bertz CT molecular complexity index is 377. The molecular weight excluding hydrogens is 212 g/mol. The Morgan fingerprint density at radius 1 is 1.31 bits per heavy atom. The number of carbonyl (C=O) groups is 1. The van der Waals surface area contributed by atoms with Crippen LogP contribution in [0.15, 0.2) is 24.3 Å². The molecule has 4 heteroatoms. The van der Waals surface area contributed by atoms with E-state index in [0.29, 0.717) is 19.0 Å². The van der Waals surface area contributed by atoms with E-state index in [9.17, 15) is 13.6 Å². The minimum Gasteiger partial charge on any atom is -0.344 e. The highest BCUT2D eigenvalue weighted by Gasteiger charge is 2.28. The molecule has 2 nitrogen and oxygen atoms in total. The molecule has 0 atom stereocenters. The van der Waals surface area contributed by atoms with E-state index in [4.69, 9.17) is 0 Å². The van der Waals surface area contributed by atoms with Crippen LogP contribution in [0.25, 0.3) is 0 Å². The normalized spacial score (nSPS) is 17.1. The van der Waals surface area contributed by atoms with Gasteiger partial charge in [-0.15, -0.1) is 0 Å². The van der Waals surface area contributed by atoms with E-state index < -0.39 is 5.92 Å². The van der Waals surface area contributed by atoms with E-state index in [1.807, 2.05) is 0 Å². The molecule has 1 amide bonds. The van der Waals surface area contributed by atoms with Crippen LogP contribution in [-0.2, 0) is 10.7 Å². The summed E-state index contributed by atoms with van der Waals surface area (Å²) in [7, 11) is 0. The highest BCUT2D eigenvalue weighted by molar-refractivity contribution is 5.50. The molecule has 1 aliphatic heterocycles. The molecule has 1 saturated heterocycles. The first-order valence-electron chi connectivity index (χ1n) is 5.18. The summed E-state index contributed by atoms with van der Waals surface area (Å²) in [4.78, 5) is 12.0. The summed E-state index contributed by atoms with van der Waals surface area (Å²) in [6.07, 6.45) is 0.811. The molecule has 0 saturated carbocycles. The Kier molecular flexibility index (Phi) is 2.66. The molecule has 0 bridgehead atoms. The molecule has 16 heavy (non-hydrogen) atoms. The van der Waals surface area contributed by atoms with Gasteiger partial charge >= 0.3 is 0 Å². The van der Waals surface area contributed by atoms with Gasteiger partial charge in [-0.3, -0.25) is 4.79 Å². The molecule has 0 unspecified atom stereocenters. The fourth-order valence-electron chi connectivity index (χ4n) is 1.86. The van der Waals surface area contributed by atoms with Crippen LogP contribution in [0.1, 0.15) is 24.0 Å². The average Bonchev–Trinajstić information content (AvgIpc) is 2.15. The summed E-state index contributed by atoms with van der Waals surface area (Å²) < 4.78 is 25.9. The number of nitrogens with zero attached hydrogens (tertiary/aromatic N) is 1. The zero-order valence-electron chi connectivity index (χ0n) is 8.99. The summed E-state index contributed by atoms with van der Waals surface area (Å²) in [5, 5.41) is 0. The van der Waals surface area contributed by atoms with E-state index in [2.05, 4.69) is 0 Å². The van der Waals surface area contributed by atoms with E-state index in [1.54, 1.807) is 17.0 Å². The minimum absolute atomic E-state index is 0.0304. The molecule has 1 aromatic rings. The summed E-state index contributed by atoms with van der Waals surface area (Å²) in [6.45, 7) is 2.26. The van der Waals surface area contributed by atoms with Crippen molar-refractivity contribution < 1.29 is 13.6 Å². The van der Waals surface area contributed by atoms with Crippen LogP contribution in [0.2, 0.25) is 0 Å². The number of hydrogen-bond donors (Lipinski definition) is 0. The number of benzene rings is 1. The molecule has 0 aromatic heterocycles. The molecule has 1 heterocycles. The molecule has 0 N–H and O–H groups in total. The second-order valence-corrected chi connectivity index (χ2v) is 4.27. The van der Waals surface area contributed by atoms with Crippen molar-refractivity contribution in [3.63, 3.8) is 0 Å². The zero-order valence-corrected chi connectivity index (χ0v) is 8.99. The van der Waals surface area contributed by atoms with Gasteiger partial charge in [0.25, 0.3) is 5.92 Å². The van der Waals surface area contributed by atoms with Crippen molar-refractivity contribution >= 4 is 6.41 Å². The molecule has 1 fully saturated rings. The Balaban J connectivity index is 2.06. The second kappa shape index (κ2) is 3.85. The van der Waals surface area contributed by atoms with Crippen molar-refractivity contribution in [3.05, 3.63) is 35.4 Å². The maximum Gasteiger partial charge on any atom is 0.270 e. The molecule has 0 radical (unpaired) electrons. The van der Waals surface area contributed by atoms with Gasteiger partial charge in [0.15, 0.2) is 0 Å². The topological polar surface area (TPSA) is 20.3 Å². The summed E-state index contributed by atoms with van der Waals surface area (Å²) in [6, 6.07) is 6.36. The molecule has 1 aliphatic rings. The quantitative estimate of drug-likeness (QED) is 0.723. The lowest BCUT2D eigenvalue weighted by Crippen LogP contribution is -2.43. The van der Waals surface area contributed by atoms with Gasteiger partial charge in [0, 0.05) is 31.5 Å². The van der Waals surface area contributed by atoms with Crippen LogP contribution in [0.4, 0.5) is 8.78 Å². The first kappa shape index (κ1) is 11.0. The Labute approximate surface area is 92.9 Å². The standard InChI is InChI=1S/C12H13F2NO/c1-12(13,14)11-4-2-9(3-5-11)10-6-15(7-10)8-16/h2-5,8,10H,6-7H2,1H3. The van der Waals surface area contributed by atoms with Crippen LogP contribution >= 0.6 is 0 Å². The van der Waals surface area contributed by atoms with Crippen molar-refractivity contribution in [2.75, 3.05) is 13.1 Å². The van der Waals surface area contributed by atoms with Gasteiger partial charge in [-0.05, 0) is 5.56 Å². The summed E-state index contributed by atoms with van der Waals surface area (Å²) >= 11 is 0. The van der Waals surface area contributed by atoms with E-state index in [-0.39, 0.29) is 5.56 Å². The van der Waals surface area contributed by atoms with Gasteiger partial charge in [0.05, 0.1) is 0 Å². The van der Waals surface area contributed by atoms with Crippen LogP contribution in [-0.4, -0.2) is 24.4 Å². The predicted octanol–water partition coefficient (Wildman–Crippen LogP) is 2.35. The predicted molar refractivity (Wildman–Crippen MR) is 56.4 cm³/mol. The van der Waals surface area contributed by atoms with Gasteiger partial charge in [0.2, 0.25) is 6.41 Å². The zero-order chi connectivity index (χ0) is 11.8. The fraction of sp³-hybridized carbons (Fsp3) is 0.417.